The standard InChI is InChI=1S/C21H24F4N4O.HI/c1-29(2)19(30)14-28-20(26-11-10-16-7-3-4-9-18(16)22)27-13-15-6-5-8-17(12-15)21(23,24)25;/h3-9,12H,10-11,13-14H2,1-2H3,(H2,26,27,28);1H. The molecule has 0 aromatic heterocycles. The fraction of sp³-hybridized carbons (Fsp3) is 0.333. The maximum Gasteiger partial charge on any atom is 0.416 e. The molecular weight excluding hydrogens is 527 g/mol. The molecule has 0 saturated heterocycles. The summed E-state index contributed by atoms with van der Waals surface area (Å²) in [4.78, 5) is 17.5. The predicted molar refractivity (Wildman–Crippen MR) is 123 cm³/mol. The molecule has 0 heterocycles. The van der Waals surface area contributed by atoms with Gasteiger partial charge in [0, 0.05) is 20.6 Å². The van der Waals surface area contributed by atoms with Crippen LogP contribution in [0.4, 0.5) is 17.6 Å². The number of aliphatic imine (C=N–C) groups is 1. The van der Waals surface area contributed by atoms with Crippen LogP contribution < -0.4 is 10.6 Å². The smallest absolute Gasteiger partial charge is 0.356 e. The lowest BCUT2D eigenvalue weighted by Crippen LogP contribution is -2.43. The highest BCUT2D eigenvalue weighted by Crippen LogP contribution is 2.29. The molecule has 0 atom stereocenters. The number of nitrogens with zero attached hydrogens (tertiary/aromatic N) is 2. The Bertz CT molecular complexity index is 888. The second-order valence-corrected chi connectivity index (χ2v) is 6.77. The van der Waals surface area contributed by atoms with Gasteiger partial charge < -0.3 is 15.5 Å². The Labute approximate surface area is 195 Å². The van der Waals surface area contributed by atoms with E-state index in [4.69, 9.17) is 0 Å². The van der Waals surface area contributed by atoms with Gasteiger partial charge in [0.2, 0.25) is 5.91 Å². The third-order valence-corrected chi connectivity index (χ3v) is 4.22. The predicted octanol–water partition coefficient (Wildman–Crippen LogP) is 3.83. The number of benzene rings is 2. The molecule has 0 aliphatic carbocycles. The molecule has 0 aliphatic rings. The summed E-state index contributed by atoms with van der Waals surface area (Å²) in [5, 5.41) is 5.83. The first-order chi connectivity index (χ1) is 14.2. The monoisotopic (exact) mass is 552 g/mol. The van der Waals surface area contributed by atoms with Crippen molar-refractivity contribution in [1.29, 1.82) is 0 Å². The normalized spacial score (nSPS) is 11.5. The first-order valence-electron chi connectivity index (χ1n) is 9.28. The molecule has 170 valence electrons. The zero-order valence-corrected chi connectivity index (χ0v) is 19.5. The summed E-state index contributed by atoms with van der Waals surface area (Å²) in [5.41, 5.74) is 0.144. The van der Waals surface area contributed by atoms with E-state index in [1.54, 1.807) is 38.4 Å². The molecule has 0 fully saturated rings. The number of hydrogen-bond acceptors (Lipinski definition) is 2. The highest BCUT2D eigenvalue weighted by Gasteiger charge is 2.30. The third-order valence-electron chi connectivity index (χ3n) is 4.22. The van der Waals surface area contributed by atoms with Crippen LogP contribution in [0.3, 0.4) is 0 Å². The zero-order chi connectivity index (χ0) is 22.1. The van der Waals surface area contributed by atoms with E-state index in [9.17, 15) is 22.4 Å². The molecule has 2 aromatic rings. The van der Waals surface area contributed by atoms with Crippen molar-refractivity contribution in [2.45, 2.75) is 19.1 Å². The molecule has 2 N–H and O–H groups in total. The van der Waals surface area contributed by atoms with Gasteiger partial charge in [-0.15, -0.1) is 24.0 Å². The molecule has 10 heteroatoms. The van der Waals surface area contributed by atoms with Gasteiger partial charge in [0.1, 0.15) is 5.82 Å². The Balaban J connectivity index is 0.00000480. The van der Waals surface area contributed by atoms with Crippen molar-refractivity contribution in [2.75, 3.05) is 27.2 Å². The molecule has 2 aromatic carbocycles. The molecule has 0 bridgehead atoms. The van der Waals surface area contributed by atoms with Crippen LogP contribution in [0.2, 0.25) is 0 Å². The van der Waals surface area contributed by atoms with E-state index in [1.807, 2.05) is 0 Å². The van der Waals surface area contributed by atoms with Gasteiger partial charge in [-0.3, -0.25) is 4.79 Å². The molecule has 1 amide bonds. The van der Waals surface area contributed by atoms with Gasteiger partial charge in [-0.1, -0.05) is 30.3 Å². The molecule has 2 rings (SSSR count). The Morgan fingerprint density at radius 3 is 2.42 bits per heavy atom. The number of carbonyl (C=O) groups is 1. The van der Waals surface area contributed by atoms with E-state index in [0.717, 1.165) is 12.1 Å². The van der Waals surface area contributed by atoms with Crippen molar-refractivity contribution in [3.63, 3.8) is 0 Å². The van der Waals surface area contributed by atoms with Crippen molar-refractivity contribution in [3.05, 3.63) is 71.0 Å². The second-order valence-electron chi connectivity index (χ2n) is 6.77. The van der Waals surface area contributed by atoms with Gasteiger partial charge in [-0.05, 0) is 35.7 Å². The SMILES string of the molecule is CN(C)C(=O)CNC(=NCc1cccc(C(F)(F)F)c1)NCCc1ccccc1F.I. The molecule has 0 aliphatic heterocycles. The zero-order valence-electron chi connectivity index (χ0n) is 17.2. The largest absolute Gasteiger partial charge is 0.416 e. The fourth-order valence-electron chi connectivity index (χ4n) is 2.52. The number of hydrogen-bond donors (Lipinski definition) is 2. The third kappa shape index (κ3) is 9.11. The van der Waals surface area contributed by atoms with E-state index in [1.165, 1.54) is 17.0 Å². The minimum absolute atomic E-state index is 0. The van der Waals surface area contributed by atoms with Crippen LogP contribution in [0.25, 0.3) is 0 Å². The van der Waals surface area contributed by atoms with E-state index in [2.05, 4.69) is 15.6 Å². The number of nitrogens with one attached hydrogen (secondary N) is 2. The van der Waals surface area contributed by atoms with Crippen molar-refractivity contribution >= 4 is 35.8 Å². The van der Waals surface area contributed by atoms with Crippen molar-refractivity contribution < 1.29 is 22.4 Å². The maximum absolute atomic E-state index is 13.7. The number of guanidine groups is 1. The van der Waals surface area contributed by atoms with Crippen molar-refractivity contribution in [3.8, 4) is 0 Å². The second kappa shape index (κ2) is 12.5. The van der Waals surface area contributed by atoms with Crippen LogP contribution in [0.5, 0.6) is 0 Å². The summed E-state index contributed by atoms with van der Waals surface area (Å²) >= 11 is 0. The molecule has 0 spiro atoms. The summed E-state index contributed by atoms with van der Waals surface area (Å²) in [6.45, 7) is 0.266. The number of rotatable bonds is 7. The minimum atomic E-state index is -4.43. The lowest BCUT2D eigenvalue weighted by atomic mass is 10.1. The van der Waals surface area contributed by atoms with E-state index in [-0.39, 0.29) is 54.8 Å². The molecule has 31 heavy (non-hydrogen) atoms. The number of amides is 1. The lowest BCUT2D eigenvalue weighted by Gasteiger charge is -2.15. The number of alkyl halides is 3. The highest BCUT2D eigenvalue weighted by molar-refractivity contribution is 14.0. The van der Waals surface area contributed by atoms with Gasteiger partial charge in [0.25, 0.3) is 0 Å². The molecule has 0 radical (unpaired) electrons. The molecule has 0 saturated carbocycles. The molecule has 5 nitrogen and oxygen atoms in total. The average molecular weight is 552 g/mol. The topological polar surface area (TPSA) is 56.7 Å². The van der Waals surface area contributed by atoms with Crippen LogP contribution in [-0.2, 0) is 23.9 Å². The summed E-state index contributed by atoms with van der Waals surface area (Å²) in [5.74, 6) is -0.269. The van der Waals surface area contributed by atoms with E-state index < -0.39 is 11.7 Å². The molecular formula is C21H25F4IN4O. The fourth-order valence-corrected chi connectivity index (χ4v) is 2.52. The van der Waals surface area contributed by atoms with Crippen LogP contribution in [0, 0.1) is 5.82 Å². The van der Waals surface area contributed by atoms with Gasteiger partial charge in [0.15, 0.2) is 5.96 Å². The van der Waals surface area contributed by atoms with Crippen molar-refractivity contribution in [1.82, 2.24) is 15.5 Å². The quantitative estimate of drug-likeness (QED) is 0.238. The van der Waals surface area contributed by atoms with Crippen LogP contribution in [0.15, 0.2) is 53.5 Å². The van der Waals surface area contributed by atoms with Crippen molar-refractivity contribution in [2.24, 2.45) is 4.99 Å². The minimum Gasteiger partial charge on any atom is -0.356 e. The van der Waals surface area contributed by atoms with Gasteiger partial charge in [-0.25, -0.2) is 9.38 Å². The number of halogens is 5. The lowest BCUT2D eigenvalue weighted by molar-refractivity contribution is -0.137. The van der Waals surface area contributed by atoms with E-state index in [0.29, 0.717) is 24.1 Å². The Kier molecular flexibility index (Phi) is 10.7. The van der Waals surface area contributed by atoms with Gasteiger partial charge in [0.05, 0.1) is 18.7 Å². The summed E-state index contributed by atoms with van der Waals surface area (Å²) in [6, 6.07) is 11.3. The average Bonchev–Trinajstić information content (AvgIpc) is 2.70. The van der Waals surface area contributed by atoms with Gasteiger partial charge in [-0.2, -0.15) is 13.2 Å². The number of carbonyl (C=O) groups excluding carboxylic acids is 1. The van der Waals surface area contributed by atoms with Crippen LogP contribution in [-0.4, -0.2) is 44.0 Å². The van der Waals surface area contributed by atoms with E-state index >= 15 is 0 Å². The first kappa shape index (κ1) is 26.7. The summed E-state index contributed by atoms with van der Waals surface area (Å²) in [6.07, 6.45) is -4.06. The Morgan fingerprint density at radius 1 is 1.06 bits per heavy atom. The van der Waals surface area contributed by atoms with Crippen LogP contribution >= 0.6 is 24.0 Å². The van der Waals surface area contributed by atoms with Crippen LogP contribution in [0.1, 0.15) is 16.7 Å². The Morgan fingerprint density at radius 2 is 1.77 bits per heavy atom. The number of likely N-dealkylation sites (N-methyl/N-ethyl adjacent to an activating group) is 1. The molecule has 0 unspecified atom stereocenters. The Hall–Kier alpha value is -2.37. The first-order valence-corrected chi connectivity index (χ1v) is 9.28. The van der Waals surface area contributed by atoms with Gasteiger partial charge >= 0.3 is 6.18 Å². The summed E-state index contributed by atoms with van der Waals surface area (Å²) < 4.78 is 52.4. The maximum atomic E-state index is 13.7. The summed E-state index contributed by atoms with van der Waals surface area (Å²) in [7, 11) is 3.21. The highest BCUT2D eigenvalue weighted by atomic mass is 127.